The van der Waals surface area contributed by atoms with Gasteiger partial charge in [-0.05, 0) is 48.1 Å². The van der Waals surface area contributed by atoms with Gasteiger partial charge in [-0.15, -0.1) is 22.7 Å². The van der Waals surface area contributed by atoms with Crippen molar-refractivity contribution in [3.05, 3.63) is 90.7 Å². The number of nitrogens with zero attached hydrogens (tertiary/aromatic N) is 3. The SMILES string of the molecule is C=C(C)Cn1c(SCC(=O)c2cccs2)nc2sc3c(c2c1=O)CCN(C(=O)c1cccc(C2(C(F)(F)F)NN2)c1)C3. The minimum atomic E-state index is -4.58. The first-order chi connectivity index (χ1) is 20.0. The number of carbonyl (C=O) groups is 2. The Hall–Kier alpha value is -3.30. The third-order valence-electron chi connectivity index (χ3n) is 7.11. The molecule has 1 saturated heterocycles. The lowest BCUT2D eigenvalue weighted by molar-refractivity contribution is -0.165. The average Bonchev–Trinajstić information content (AvgIpc) is 3.45. The Morgan fingerprint density at radius 2 is 2.00 bits per heavy atom. The Morgan fingerprint density at radius 3 is 2.67 bits per heavy atom. The Balaban J connectivity index is 1.28. The van der Waals surface area contributed by atoms with Crippen molar-refractivity contribution in [3.8, 4) is 0 Å². The summed E-state index contributed by atoms with van der Waals surface area (Å²) in [5.74, 6) is -0.319. The summed E-state index contributed by atoms with van der Waals surface area (Å²) < 4.78 is 42.3. The van der Waals surface area contributed by atoms with Crippen LogP contribution in [-0.2, 0) is 25.2 Å². The minimum Gasteiger partial charge on any atom is -0.333 e. The number of amides is 1. The summed E-state index contributed by atoms with van der Waals surface area (Å²) in [5, 5.41) is 2.75. The Kier molecular flexibility index (Phi) is 7.38. The third-order valence-corrected chi connectivity index (χ3v) is 10.1. The highest BCUT2D eigenvalue weighted by atomic mass is 32.2. The van der Waals surface area contributed by atoms with Crippen molar-refractivity contribution in [2.75, 3.05) is 12.3 Å². The van der Waals surface area contributed by atoms with Crippen molar-refractivity contribution >= 4 is 56.3 Å². The molecule has 5 heterocycles. The quantitative estimate of drug-likeness (QED) is 0.0915. The van der Waals surface area contributed by atoms with Crippen molar-refractivity contribution in [2.24, 2.45) is 0 Å². The monoisotopic (exact) mass is 631 g/mol. The van der Waals surface area contributed by atoms with Crippen molar-refractivity contribution in [3.63, 3.8) is 0 Å². The van der Waals surface area contributed by atoms with Gasteiger partial charge < -0.3 is 4.90 Å². The molecule has 2 N–H and O–H groups in total. The number of carbonyl (C=O) groups excluding carboxylic acids is 2. The molecule has 8 nitrogen and oxygen atoms in total. The van der Waals surface area contributed by atoms with Crippen molar-refractivity contribution in [1.82, 2.24) is 25.3 Å². The maximum atomic E-state index is 13.8. The van der Waals surface area contributed by atoms with Crippen molar-refractivity contribution < 1.29 is 22.8 Å². The Morgan fingerprint density at radius 1 is 1.21 bits per heavy atom. The van der Waals surface area contributed by atoms with E-state index >= 15 is 0 Å². The number of halogens is 3. The van der Waals surface area contributed by atoms with Gasteiger partial charge in [0.05, 0.1) is 22.6 Å². The highest BCUT2D eigenvalue weighted by molar-refractivity contribution is 7.99. The Bertz CT molecular complexity index is 1790. The largest absolute Gasteiger partial charge is 0.426 e. The smallest absolute Gasteiger partial charge is 0.333 e. The number of rotatable bonds is 8. The van der Waals surface area contributed by atoms with E-state index in [1.807, 2.05) is 18.4 Å². The van der Waals surface area contributed by atoms with E-state index in [1.54, 1.807) is 15.5 Å². The van der Waals surface area contributed by atoms with Crippen molar-refractivity contribution in [2.45, 2.75) is 43.4 Å². The second-order valence-corrected chi connectivity index (χ2v) is 13.1. The number of hydrogen-bond acceptors (Lipinski definition) is 9. The molecule has 0 unspecified atom stereocenters. The van der Waals surface area contributed by atoms with E-state index in [2.05, 4.69) is 17.4 Å². The van der Waals surface area contributed by atoms with Crippen LogP contribution in [0.15, 0.2) is 63.9 Å². The van der Waals surface area contributed by atoms with Gasteiger partial charge >= 0.3 is 6.18 Å². The predicted molar refractivity (Wildman–Crippen MR) is 157 cm³/mol. The summed E-state index contributed by atoms with van der Waals surface area (Å²) in [6.45, 7) is 6.53. The van der Waals surface area contributed by atoms with E-state index in [4.69, 9.17) is 4.98 Å². The van der Waals surface area contributed by atoms with Crippen LogP contribution in [-0.4, -0.2) is 44.6 Å². The van der Waals surface area contributed by atoms with Gasteiger partial charge in [0.2, 0.25) is 5.66 Å². The second-order valence-electron chi connectivity index (χ2n) is 10.2. The molecule has 0 atom stereocenters. The molecule has 3 aromatic heterocycles. The van der Waals surface area contributed by atoms with E-state index in [-0.39, 0.29) is 41.3 Å². The molecular weight excluding hydrogens is 608 g/mol. The lowest BCUT2D eigenvalue weighted by Gasteiger charge is -2.27. The normalized spacial score (nSPS) is 16.0. The van der Waals surface area contributed by atoms with Crippen LogP contribution in [0.4, 0.5) is 13.2 Å². The molecule has 14 heteroatoms. The molecule has 2 aliphatic heterocycles. The molecule has 6 rings (SSSR count). The van der Waals surface area contributed by atoms with Crippen LogP contribution in [0.1, 0.15) is 43.0 Å². The van der Waals surface area contributed by atoms with E-state index in [1.165, 1.54) is 58.7 Å². The number of hydrogen-bond donors (Lipinski definition) is 2. The number of thiophene rings is 2. The summed E-state index contributed by atoms with van der Waals surface area (Å²) in [4.78, 5) is 48.1. The molecule has 0 saturated carbocycles. The molecule has 0 bridgehead atoms. The molecule has 0 aliphatic carbocycles. The second kappa shape index (κ2) is 10.8. The van der Waals surface area contributed by atoms with Crippen LogP contribution in [0, 0.1) is 0 Å². The number of benzene rings is 1. The summed E-state index contributed by atoms with van der Waals surface area (Å²) in [6.07, 6.45) is -4.17. The van der Waals surface area contributed by atoms with Crippen LogP contribution < -0.4 is 16.4 Å². The predicted octanol–water partition coefficient (Wildman–Crippen LogP) is 5.09. The number of fused-ring (bicyclic) bond motifs is 3. The number of Topliss-reactive ketones (excluding diaryl/α,β-unsaturated/α-hetero) is 1. The maximum Gasteiger partial charge on any atom is 0.426 e. The van der Waals surface area contributed by atoms with Gasteiger partial charge in [-0.2, -0.15) is 13.2 Å². The standard InChI is InChI=1S/C28H24F3N5O3S3/c1-15(2)12-36-25(39)22-18-8-9-35(24(38)16-5-3-6-17(11-16)27(33-34-27)28(29,30)31)13-21(18)42-23(22)32-26(36)41-14-19(37)20-7-4-10-40-20/h3-7,10-11,33-34H,1,8-9,12-14H2,2H3. The fourth-order valence-corrected chi connectivity index (χ4v) is 7.88. The topological polar surface area (TPSA) is 116 Å². The van der Waals surface area contributed by atoms with Crippen LogP contribution in [0.25, 0.3) is 10.2 Å². The number of allylic oxidation sites excluding steroid dienone is 1. The summed E-state index contributed by atoms with van der Waals surface area (Å²) in [5.41, 5.74) is 3.39. The van der Waals surface area contributed by atoms with Gasteiger partial charge in [0.15, 0.2) is 10.9 Å². The zero-order valence-electron chi connectivity index (χ0n) is 22.2. The molecule has 0 radical (unpaired) electrons. The number of hydrazine groups is 1. The molecule has 1 fully saturated rings. The fraction of sp³-hybridized carbons (Fsp3) is 0.286. The van der Waals surface area contributed by atoms with Crippen LogP contribution in [0.2, 0.25) is 0 Å². The van der Waals surface area contributed by atoms with Crippen molar-refractivity contribution in [1.29, 1.82) is 0 Å². The van der Waals surface area contributed by atoms with Gasteiger partial charge in [0.1, 0.15) is 4.83 Å². The third kappa shape index (κ3) is 5.11. The van der Waals surface area contributed by atoms with Crippen LogP contribution in [0.3, 0.4) is 0 Å². The number of thioether (sulfide) groups is 1. The Labute approximate surface area is 250 Å². The molecular formula is C28H24F3N5O3S3. The number of nitrogens with one attached hydrogen (secondary N) is 2. The lowest BCUT2D eigenvalue weighted by Crippen LogP contribution is -2.37. The van der Waals surface area contributed by atoms with Gasteiger partial charge in [-0.1, -0.05) is 42.1 Å². The lowest BCUT2D eigenvalue weighted by atomic mass is 9.99. The van der Waals surface area contributed by atoms with E-state index in [9.17, 15) is 27.6 Å². The molecule has 0 spiro atoms. The first-order valence-electron chi connectivity index (χ1n) is 12.9. The molecule has 4 aromatic rings. The van der Waals surface area contributed by atoms with E-state index in [0.29, 0.717) is 33.2 Å². The first kappa shape index (κ1) is 28.8. The number of alkyl halides is 3. The zero-order valence-corrected chi connectivity index (χ0v) is 24.7. The number of ketones is 1. The van der Waals surface area contributed by atoms with Gasteiger partial charge in [-0.25, -0.2) is 15.8 Å². The molecule has 1 amide bonds. The maximum absolute atomic E-state index is 13.8. The molecule has 1 aromatic carbocycles. The zero-order chi connectivity index (χ0) is 29.8. The van der Waals surface area contributed by atoms with Gasteiger partial charge in [0, 0.05) is 23.5 Å². The average molecular weight is 632 g/mol. The minimum absolute atomic E-state index is 0.0516. The van der Waals surface area contributed by atoms with Gasteiger partial charge in [0.25, 0.3) is 11.5 Å². The molecule has 2 aliphatic rings. The molecule has 42 heavy (non-hydrogen) atoms. The summed E-state index contributed by atoms with van der Waals surface area (Å²) in [6, 6.07) is 9.08. The van der Waals surface area contributed by atoms with E-state index < -0.39 is 17.7 Å². The number of aromatic nitrogens is 2. The summed E-state index contributed by atoms with van der Waals surface area (Å²) in [7, 11) is 0. The van der Waals surface area contributed by atoms with Gasteiger partial charge in [-0.3, -0.25) is 19.0 Å². The van der Waals surface area contributed by atoms with Crippen LogP contribution in [0.5, 0.6) is 0 Å². The highest BCUT2D eigenvalue weighted by Gasteiger charge is 2.65. The summed E-state index contributed by atoms with van der Waals surface area (Å²) >= 11 is 3.88. The van der Waals surface area contributed by atoms with Crippen LogP contribution >= 0.6 is 34.4 Å². The highest BCUT2D eigenvalue weighted by Crippen LogP contribution is 2.42. The van der Waals surface area contributed by atoms with E-state index in [0.717, 1.165) is 16.0 Å². The molecule has 218 valence electrons. The fourth-order valence-electron chi connectivity index (χ4n) is 4.97. The first-order valence-corrected chi connectivity index (χ1v) is 15.6.